The molecule has 35 heavy (non-hydrogen) atoms. The van der Waals surface area contributed by atoms with Gasteiger partial charge in [-0.1, -0.05) is 46.8 Å². The third-order valence-corrected chi connectivity index (χ3v) is 7.44. The number of hydrogen-bond acceptors (Lipinski definition) is 5. The Bertz CT molecular complexity index is 991. The summed E-state index contributed by atoms with van der Waals surface area (Å²) in [6.07, 6.45) is 4.48. The zero-order valence-corrected chi connectivity index (χ0v) is 22.3. The largest absolute Gasteiger partial charge is 0.494 e. The zero-order chi connectivity index (χ0) is 25.4. The van der Waals surface area contributed by atoms with Gasteiger partial charge in [0.2, 0.25) is 0 Å². The molecule has 3 aliphatic rings. The Kier molecular flexibility index (Phi) is 7.28. The Morgan fingerprint density at radius 3 is 1.89 bits per heavy atom. The lowest BCUT2D eigenvalue weighted by Crippen LogP contribution is -2.44. The van der Waals surface area contributed by atoms with Crippen LogP contribution in [0.2, 0.25) is 0 Å². The number of allylic oxidation sites excluding steroid dienone is 4. The summed E-state index contributed by atoms with van der Waals surface area (Å²) in [5.74, 6) is 0.872. The number of methoxy groups -OCH3 is 1. The van der Waals surface area contributed by atoms with E-state index in [1.54, 1.807) is 7.11 Å². The number of hydrogen-bond donors (Lipinski definition) is 0. The summed E-state index contributed by atoms with van der Waals surface area (Å²) in [6, 6.07) is 8.05. The van der Waals surface area contributed by atoms with E-state index in [2.05, 4.69) is 39.5 Å². The van der Waals surface area contributed by atoms with Crippen LogP contribution >= 0.6 is 0 Å². The van der Waals surface area contributed by atoms with E-state index in [-0.39, 0.29) is 28.3 Å². The van der Waals surface area contributed by atoms with E-state index < -0.39 is 0 Å². The van der Waals surface area contributed by atoms with Crippen LogP contribution in [0.25, 0.3) is 0 Å². The molecule has 5 nitrogen and oxygen atoms in total. The Hall–Kier alpha value is -2.40. The van der Waals surface area contributed by atoms with Gasteiger partial charge in [0.1, 0.15) is 5.75 Å². The topological polar surface area (TPSA) is 55.8 Å². The number of carbonyl (C=O) groups excluding carboxylic acids is 2. The van der Waals surface area contributed by atoms with Crippen LogP contribution in [0.3, 0.4) is 0 Å². The first kappa shape index (κ1) is 25.7. The molecular formula is C30H41NO4. The van der Waals surface area contributed by atoms with Crippen LogP contribution in [-0.2, 0) is 14.3 Å². The quantitative estimate of drug-likeness (QED) is 0.416. The molecule has 0 saturated heterocycles. The lowest BCUT2D eigenvalue weighted by molar-refractivity contribution is -0.119. The molecule has 0 saturated carbocycles. The summed E-state index contributed by atoms with van der Waals surface area (Å²) >= 11 is 0. The standard InChI is InChI=1S/C30H41NO4/c1-7-14-35-21-11-9-20(10-12-21)26-27-22(16-29(2,3)18-24(27)32)31(13-8-15-34-6)23-17-30(4,5)19-25(33)28(23)26/h9-12,26H,7-8,13-19H2,1-6H3. The molecule has 0 unspecified atom stereocenters. The minimum Gasteiger partial charge on any atom is -0.494 e. The average Bonchev–Trinajstić information content (AvgIpc) is 2.77. The summed E-state index contributed by atoms with van der Waals surface area (Å²) in [5.41, 5.74) is 4.68. The molecule has 0 aromatic heterocycles. The maximum atomic E-state index is 13.8. The van der Waals surface area contributed by atoms with E-state index in [0.717, 1.165) is 66.1 Å². The lowest BCUT2D eigenvalue weighted by atomic mass is 9.63. The molecule has 0 bridgehead atoms. The van der Waals surface area contributed by atoms with E-state index in [1.165, 1.54) is 0 Å². The van der Waals surface area contributed by atoms with Gasteiger partial charge in [0.25, 0.3) is 0 Å². The molecule has 190 valence electrons. The number of rotatable bonds is 8. The van der Waals surface area contributed by atoms with E-state index in [1.807, 2.05) is 24.3 Å². The molecule has 5 heteroatoms. The van der Waals surface area contributed by atoms with Gasteiger partial charge < -0.3 is 14.4 Å². The van der Waals surface area contributed by atoms with E-state index in [0.29, 0.717) is 26.1 Å². The Morgan fingerprint density at radius 2 is 1.40 bits per heavy atom. The van der Waals surface area contributed by atoms with Gasteiger partial charge in [0, 0.05) is 61.6 Å². The third kappa shape index (κ3) is 5.25. The van der Waals surface area contributed by atoms with Crippen molar-refractivity contribution < 1.29 is 19.1 Å². The van der Waals surface area contributed by atoms with Crippen LogP contribution in [0, 0.1) is 10.8 Å². The predicted octanol–water partition coefficient (Wildman–Crippen LogP) is 6.20. The SMILES string of the molecule is CCCOc1ccc(C2C3=C(CC(C)(C)CC3=O)N(CCCOC)C3=C2C(=O)CC(C)(C)C3)cc1. The van der Waals surface area contributed by atoms with Crippen LogP contribution < -0.4 is 4.74 Å². The van der Waals surface area contributed by atoms with Crippen molar-refractivity contribution in [1.82, 2.24) is 4.90 Å². The summed E-state index contributed by atoms with van der Waals surface area (Å²) in [6.45, 7) is 12.9. The van der Waals surface area contributed by atoms with Crippen molar-refractivity contribution in [2.45, 2.75) is 79.1 Å². The van der Waals surface area contributed by atoms with Crippen LogP contribution in [-0.4, -0.2) is 43.3 Å². The molecule has 0 atom stereocenters. The van der Waals surface area contributed by atoms with Gasteiger partial charge >= 0.3 is 0 Å². The summed E-state index contributed by atoms with van der Waals surface area (Å²) < 4.78 is 11.2. The molecule has 0 radical (unpaired) electrons. The summed E-state index contributed by atoms with van der Waals surface area (Å²) in [7, 11) is 1.72. The fourth-order valence-electron chi connectivity index (χ4n) is 5.99. The van der Waals surface area contributed by atoms with Gasteiger partial charge in [0.05, 0.1) is 6.61 Å². The highest BCUT2D eigenvalue weighted by Gasteiger charge is 2.48. The highest BCUT2D eigenvalue weighted by atomic mass is 16.5. The molecule has 1 heterocycles. The van der Waals surface area contributed by atoms with Crippen molar-refractivity contribution in [3.63, 3.8) is 0 Å². The smallest absolute Gasteiger partial charge is 0.162 e. The fourth-order valence-corrected chi connectivity index (χ4v) is 5.99. The molecule has 1 aromatic rings. The Balaban J connectivity index is 1.87. The van der Waals surface area contributed by atoms with Crippen molar-refractivity contribution in [2.24, 2.45) is 10.8 Å². The highest BCUT2D eigenvalue weighted by molar-refractivity contribution is 6.06. The van der Waals surface area contributed by atoms with E-state index >= 15 is 0 Å². The van der Waals surface area contributed by atoms with Gasteiger partial charge in [-0.2, -0.15) is 0 Å². The normalized spacial score (nSPS) is 21.8. The molecule has 0 spiro atoms. The molecule has 0 N–H and O–H groups in total. The second-order valence-electron chi connectivity index (χ2n) is 12.0. The van der Waals surface area contributed by atoms with Crippen LogP contribution in [0.4, 0.5) is 0 Å². The van der Waals surface area contributed by atoms with Crippen molar-refractivity contribution >= 4 is 11.6 Å². The lowest BCUT2D eigenvalue weighted by Gasteiger charge is -2.49. The van der Waals surface area contributed by atoms with Crippen molar-refractivity contribution in [2.75, 3.05) is 26.9 Å². The predicted molar refractivity (Wildman–Crippen MR) is 138 cm³/mol. The van der Waals surface area contributed by atoms with Crippen LogP contribution in [0.5, 0.6) is 5.75 Å². The maximum absolute atomic E-state index is 13.8. The van der Waals surface area contributed by atoms with Gasteiger partial charge in [-0.15, -0.1) is 0 Å². The second-order valence-corrected chi connectivity index (χ2v) is 12.0. The zero-order valence-electron chi connectivity index (χ0n) is 22.3. The Morgan fingerprint density at radius 1 is 0.857 bits per heavy atom. The van der Waals surface area contributed by atoms with E-state index in [9.17, 15) is 9.59 Å². The number of Topliss-reactive ketones (excluding diaryl/α,β-unsaturated/α-hetero) is 2. The first-order valence-electron chi connectivity index (χ1n) is 13.1. The van der Waals surface area contributed by atoms with Gasteiger partial charge in [-0.25, -0.2) is 0 Å². The van der Waals surface area contributed by atoms with Gasteiger partial charge in [0.15, 0.2) is 11.6 Å². The molecule has 0 amide bonds. The number of ketones is 2. The van der Waals surface area contributed by atoms with Crippen LogP contribution in [0.1, 0.15) is 84.6 Å². The second kappa shape index (κ2) is 9.93. The van der Waals surface area contributed by atoms with Crippen molar-refractivity contribution in [3.8, 4) is 5.75 Å². The molecule has 2 aliphatic carbocycles. The minimum atomic E-state index is -0.300. The van der Waals surface area contributed by atoms with Crippen molar-refractivity contribution in [1.29, 1.82) is 0 Å². The first-order valence-corrected chi connectivity index (χ1v) is 13.1. The third-order valence-electron chi connectivity index (χ3n) is 7.44. The minimum absolute atomic E-state index is 0.107. The monoisotopic (exact) mass is 479 g/mol. The number of carbonyl (C=O) groups is 2. The average molecular weight is 480 g/mol. The molecule has 1 aliphatic heterocycles. The summed E-state index contributed by atoms with van der Waals surface area (Å²) in [4.78, 5) is 29.8. The highest BCUT2D eigenvalue weighted by Crippen LogP contribution is 2.54. The Labute approximate surface area is 210 Å². The number of benzene rings is 1. The van der Waals surface area contributed by atoms with Crippen LogP contribution in [0.15, 0.2) is 46.8 Å². The fraction of sp³-hybridized carbons (Fsp3) is 0.600. The molecular weight excluding hydrogens is 438 g/mol. The van der Waals surface area contributed by atoms with Crippen molar-refractivity contribution in [3.05, 3.63) is 52.4 Å². The maximum Gasteiger partial charge on any atom is 0.162 e. The number of nitrogens with zero attached hydrogens (tertiary/aromatic N) is 1. The van der Waals surface area contributed by atoms with Gasteiger partial charge in [-0.05, 0) is 54.2 Å². The summed E-state index contributed by atoms with van der Waals surface area (Å²) in [5, 5.41) is 0. The first-order chi connectivity index (χ1) is 16.6. The molecule has 1 aromatic carbocycles. The van der Waals surface area contributed by atoms with Gasteiger partial charge in [-0.3, -0.25) is 9.59 Å². The number of ether oxygens (including phenoxy) is 2. The molecule has 0 fully saturated rings. The molecule has 4 rings (SSSR count). The van der Waals surface area contributed by atoms with E-state index in [4.69, 9.17) is 9.47 Å².